The van der Waals surface area contributed by atoms with E-state index in [1.807, 2.05) is 12.4 Å². The Morgan fingerprint density at radius 2 is 1.81 bits per heavy atom. The second-order valence-corrected chi connectivity index (χ2v) is 5.41. The van der Waals surface area contributed by atoms with Gasteiger partial charge in [0.2, 0.25) is 5.95 Å². The molecule has 6 nitrogen and oxygen atoms in total. The summed E-state index contributed by atoms with van der Waals surface area (Å²) in [7, 11) is 0. The Hall–Kier alpha value is -1.92. The molecule has 0 bridgehead atoms. The third kappa shape index (κ3) is 3.59. The topological polar surface area (TPSA) is 71.2 Å². The lowest BCUT2D eigenvalue weighted by Gasteiger charge is -2.35. The van der Waals surface area contributed by atoms with Crippen LogP contribution in [0.4, 0.5) is 11.8 Å². The largest absolute Gasteiger partial charge is 0.368 e. The summed E-state index contributed by atoms with van der Waals surface area (Å²) in [6.45, 7) is 4.70. The van der Waals surface area contributed by atoms with Gasteiger partial charge in [0, 0.05) is 51.2 Å². The van der Waals surface area contributed by atoms with Crippen LogP contribution in [0.15, 0.2) is 30.6 Å². The summed E-state index contributed by atoms with van der Waals surface area (Å²) >= 11 is 5.93. The Labute approximate surface area is 128 Å². The molecule has 0 spiro atoms. The summed E-state index contributed by atoms with van der Waals surface area (Å²) < 4.78 is 0. The molecule has 110 valence electrons. The summed E-state index contributed by atoms with van der Waals surface area (Å²) in [5.74, 6) is 1.02. The zero-order chi connectivity index (χ0) is 14.7. The summed E-state index contributed by atoms with van der Waals surface area (Å²) in [6, 6.07) is 5.87. The Bertz CT molecular complexity index is 577. The van der Waals surface area contributed by atoms with Gasteiger partial charge in [-0.05, 0) is 17.7 Å². The highest BCUT2D eigenvalue weighted by atomic mass is 35.5. The van der Waals surface area contributed by atoms with E-state index in [-0.39, 0.29) is 5.95 Å². The first kappa shape index (κ1) is 14.0. The van der Waals surface area contributed by atoms with Crippen molar-refractivity contribution in [3.63, 3.8) is 0 Å². The van der Waals surface area contributed by atoms with Gasteiger partial charge < -0.3 is 10.6 Å². The molecule has 0 atom stereocenters. The number of piperazine rings is 1. The van der Waals surface area contributed by atoms with E-state index in [2.05, 4.69) is 36.9 Å². The number of aromatic nitrogens is 3. The Balaban J connectivity index is 1.60. The maximum Gasteiger partial charge on any atom is 0.223 e. The molecule has 3 heterocycles. The molecule has 1 fully saturated rings. The maximum absolute atomic E-state index is 5.93. The molecule has 0 saturated carbocycles. The molecule has 1 aliphatic rings. The standard InChI is InChI=1S/C14H17ClN6/c15-12-9-13(19-14(16)18-12)21-7-5-20(6-8-21)10-11-1-3-17-4-2-11/h1-4,9H,5-8,10H2,(H2,16,18,19). The molecule has 0 unspecified atom stereocenters. The minimum Gasteiger partial charge on any atom is -0.368 e. The average Bonchev–Trinajstić information content (AvgIpc) is 2.48. The summed E-state index contributed by atoms with van der Waals surface area (Å²) in [5, 5.41) is 0.386. The minimum atomic E-state index is 0.219. The first-order valence-electron chi connectivity index (χ1n) is 6.87. The van der Waals surface area contributed by atoms with Gasteiger partial charge in [-0.3, -0.25) is 9.88 Å². The number of nitrogen functional groups attached to an aromatic ring is 1. The van der Waals surface area contributed by atoms with E-state index in [1.54, 1.807) is 6.07 Å². The fourth-order valence-corrected chi connectivity index (χ4v) is 2.65. The predicted octanol–water partition coefficient (Wildman–Crippen LogP) is 1.43. The fraction of sp³-hybridized carbons (Fsp3) is 0.357. The highest BCUT2D eigenvalue weighted by Crippen LogP contribution is 2.19. The van der Waals surface area contributed by atoms with E-state index in [4.69, 9.17) is 17.3 Å². The smallest absolute Gasteiger partial charge is 0.223 e. The second kappa shape index (κ2) is 6.24. The number of anilines is 2. The molecule has 0 aromatic carbocycles. The van der Waals surface area contributed by atoms with Crippen LogP contribution in [0.1, 0.15) is 5.56 Å². The molecule has 1 aliphatic heterocycles. The minimum absolute atomic E-state index is 0.219. The third-order valence-electron chi connectivity index (χ3n) is 3.55. The fourth-order valence-electron chi connectivity index (χ4n) is 2.47. The van der Waals surface area contributed by atoms with Gasteiger partial charge in [0.05, 0.1) is 0 Å². The molecular formula is C14H17ClN6. The van der Waals surface area contributed by atoms with Crippen LogP contribution in [-0.4, -0.2) is 46.0 Å². The van der Waals surface area contributed by atoms with Crippen molar-refractivity contribution in [2.75, 3.05) is 36.8 Å². The molecular weight excluding hydrogens is 288 g/mol. The molecule has 3 rings (SSSR count). The Kier molecular flexibility index (Phi) is 4.17. The van der Waals surface area contributed by atoms with Crippen LogP contribution < -0.4 is 10.6 Å². The SMILES string of the molecule is Nc1nc(Cl)cc(N2CCN(Cc3ccncc3)CC2)n1. The van der Waals surface area contributed by atoms with Crippen molar-refractivity contribution < 1.29 is 0 Å². The average molecular weight is 305 g/mol. The molecule has 7 heteroatoms. The van der Waals surface area contributed by atoms with Crippen LogP contribution in [0, 0.1) is 0 Å². The summed E-state index contributed by atoms with van der Waals surface area (Å²) in [6.07, 6.45) is 3.66. The highest BCUT2D eigenvalue weighted by Gasteiger charge is 2.19. The van der Waals surface area contributed by atoms with E-state index >= 15 is 0 Å². The van der Waals surface area contributed by atoms with E-state index in [9.17, 15) is 0 Å². The molecule has 21 heavy (non-hydrogen) atoms. The van der Waals surface area contributed by atoms with Gasteiger partial charge in [0.15, 0.2) is 0 Å². The normalized spacial score (nSPS) is 16.1. The number of hydrogen-bond acceptors (Lipinski definition) is 6. The molecule has 1 saturated heterocycles. The number of halogens is 1. The highest BCUT2D eigenvalue weighted by molar-refractivity contribution is 6.29. The lowest BCUT2D eigenvalue weighted by atomic mass is 10.2. The summed E-state index contributed by atoms with van der Waals surface area (Å²) in [5.41, 5.74) is 6.93. The van der Waals surface area contributed by atoms with E-state index in [0.717, 1.165) is 38.5 Å². The van der Waals surface area contributed by atoms with Crippen LogP contribution in [-0.2, 0) is 6.54 Å². The zero-order valence-electron chi connectivity index (χ0n) is 11.6. The van der Waals surface area contributed by atoms with Crippen molar-refractivity contribution in [2.45, 2.75) is 6.54 Å². The first-order valence-corrected chi connectivity index (χ1v) is 7.25. The molecule has 0 amide bonds. The van der Waals surface area contributed by atoms with Gasteiger partial charge >= 0.3 is 0 Å². The van der Waals surface area contributed by atoms with Crippen LogP contribution in [0.25, 0.3) is 0 Å². The van der Waals surface area contributed by atoms with Crippen molar-refractivity contribution in [3.05, 3.63) is 41.3 Å². The van der Waals surface area contributed by atoms with Gasteiger partial charge in [-0.2, -0.15) is 4.98 Å². The van der Waals surface area contributed by atoms with Crippen LogP contribution >= 0.6 is 11.6 Å². The van der Waals surface area contributed by atoms with Gasteiger partial charge in [-0.25, -0.2) is 4.98 Å². The molecule has 0 radical (unpaired) electrons. The van der Waals surface area contributed by atoms with Crippen LogP contribution in [0.2, 0.25) is 5.15 Å². The molecule has 2 aromatic heterocycles. The number of pyridine rings is 1. The number of hydrogen-bond donors (Lipinski definition) is 1. The van der Waals surface area contributed by atoms with Crippen molar-refractivity contribution in [1.29, 1.82) is 0 Å². The zero-order valence-corrected chi connectivity index (χ0v) is 12.4. The van der Waals surface area contributed by atoms with Crippen LogP contribution in [0.5, 0.6) is 0 Å². The lowest BCUT2D eigenvalue weighted by Crippen LogP contribution is -2.46. The van der Waals surface area contributed by atoms with Crippen molar-refractivity contribution >= 4 is 23.4 Å². The summed E-state index contributed by atoms with van der Waals surface area (Å²) in [4.78, 5) is 16.8. The van der Waals surface area contributed by atoms with Gasteiger partial charge in [0.25, 0.3) is 0 Å². The van der Waals surface area contributed by atoms with Crippen molar-refractivity contribution in [2.24, 2.45) is 0 Å². The Morgan fingerprint density at radius 3 is 2.48 bits per heavy atom. The predicted molar refractivity (Wildman–Crippen MR) is 83.2 cm³/mol. The van der Waals surface area contributed by atoms with Gasteiger partial charge in [-0.1, -0.05) is 11.6 Å². The molecule has 2 aromatic rings. The lowest BCUT2D eigenvalue weighted by molar-refractivity contribution is 0.249. The van der Waals surface area contributed by atoms with Crippen molar-refractivity contribution in [3.8, 4) is 0 Å². The van der Waals surface area contributed by atoms with Gasteiger partial charge in [0.1, 0.15) is 11.0 Å². The number of nitrogens with zero attached hydrogens (tertiary/aromatic N) is 5. The maximum atomic E-state index is 5.93. The first-order chi connectivity index (χ1) is 10.2. The third-order valence-corrected chi connectivity index (χ3v) is 3.74. The number of rotatable bonds is 3. The van der Waals surface area contributed by atoms with E-state index in [0.29, 0.717) is 5.15 Å². The van der Waals surface area contributed by atoms with Crippen molar-refractivity contribution in [1.82, 2.24) is 19.9 Å². The monoisotopic (exact) mass is 304 g/mol. The van der Waals surface area contributed by atoms with E-state index in [1.165, 1.54) is 5.56 Å². The van der Waals surface area contributed by atoms with Crippen LogP contribution in [0.3, 0.4) is 0 Å². The number of nitrogens with two attached hydrogens (primary N) is 1. The molecule has 2 N–H and O–H groups in total. The Morgan fingerprint density at radius 1 is 1.10 bits per heavy atom. The van der Waals surface area contributed by atoms with Gasteiger partial charge in [-0.15, -0.1) is 0 Å². The van der Waals surface area contributed by atoms with E-state index < -0.39 is 0 Å². The quantitative estimate of drug-likeness (QED) is 0.865. The second-order valence-electron chi connectivity index (χ2n) is 5.03. The molecule has 0 aliphatic carbocycles.